The van der Waals surface area contributed by atoms with Crippen molar-refractivity contribution < 1.29 is 24.5 Å². The number of hydrogen-bond acceptors (Lipinski definition) is 5. The van der Waals surface area contributed by atoms with E-state index in [2.05, 4.69) is 0 Å². The molecule has 0 aromatic carbocycles. The lowest BCUT2D eigenvalue weighted by Crippen LogP contribution is -2.53. The standard InChI is InChI=1S/C11H14O5/c1-10-2-8(12)11(14)7(4-16-9(11)13)6(10)3-15-5-10/h8,12,14H,2-5H2,1H3/t8-,10+,11+/m1/s1. The van der Waals surface area contributed by atoms with Gasteiger partial charge >= 0.3 is 5.97 Å². The third-order valence-electron chi connectivity index (χ3n) is 4.00. The highest BCUT2D eigenvalue weighted by Crippen LogP contribution is 2.50. The Morgan fingerprint density at radius 2 is 2.12 bits per heavy atom. The summed E-state index contributed by atoms with van der Waals surface area (Å²) in [5.74, 6) is -0.739. The fourth-order valence-corrected chi connectivity index (χ4v) is 2.98. The molecule has 16 heavy (non-hydrogen) atoms. The summed E-state index contributed by atoms with van der Waals surface area (Å²) in [6.07, 6.45) is -0.773. The van der Waals surface area contributed by atoms with Crippen molar-refractivity contribution in [3.05, 3.63) is 11.1 Å². The molecule has 0 unspecified atom stereocenters. The van der Waals surface area contributed by atoms with Crippen LogP contribution < -0.4 is 0 Å². The van der Waals surface area contributed by atoms with Gasteiger partial charge in [-0.1, -0.05) is 6.92 Å². The second kappa shape index (κ2) is 2.85. The number of cyclic esters (lactones) is 1. The van der Waals surface area contributed by atoms with E-state index in [1.165, 1.54) is 0 Å². The lowest BCUT2D eigenvalue weighted by atomic mass is 9.66. The summed E-state index contributed by atoms with van der Waals surface area (Å²) in [5.41, 5.74) is -0.667. The van der Waals surface area contributed by atoms with Crippen molar-refractivity contribution in [3.63, 3.8) is 0 Å². The molecule has 2 saturated heterocycles. The Bertz CT molecular complexity index is 401. The number of aliphatic hydroxyl groups excluding tert-OH is 1. The highest BCUT2D eigenvalue weighted by molar-refractivity contribution is 5.88. The number of esters is 1. The predicted molar refractivity (Wildman–Crippen MR) is 52.5 cm³/mol. The minimum Gasteiger partial charge on any atom is -0.459 e. The topological polar surface area (TPSA) is 76.0 Å². The van der Waals surface area contributed by atoms with Crippen LogP contribution in [0.25, 0.3) is 0 Å². The van der Waals surface area contributed by atoms with E-state index in [4.69, 9.17) is 9.47 Å². The van der Waals surface area contributed by atoms with E-state index in [9.17, 15) is 15.0 Å². The summed E-state index contributed by atoms with van der Waals surface area (Å²) in [6.45, 7) is 2.99. The van der Waals surface area contributed by atoms with Gasteiger partial charge in [-0.25, -0.2) is 4.79 Å². The molecule has 3 rings (SSSR count). The fourth-order valence-electron chi connectivity index (χ4n) is 2.98. The van der Waals surface area contributed by atoms with Crippen LogP contribution in [0.2, 0.25) is 0 Å². The third-order valence-corrected chi connectivity index (χ3v) is 4.00. The number of aliphatic hydroxyl groups is 2. The molecule has 0 radical (unpaired) electrons. The number of fused-ring (bicyclic) bond motifs is 2. The summed E-state index contributed by atoms with van der Waals surface area (Å²) in [4.78, 5) is 11.5. The van der Waals surface area contributed by atoms with Gasteiger partial charge in [0.15, 0.2) is 0 Å². The van der Waals surface area contributed by atoms with Crippen LogP contribution in [0.15, 0.2) is 11.1 Å². The molecule has 5 heteroatoms. The van der Waals surface area contributed by atoms with Crippen molar-refractivity contribution in [2.24, 2.45) is 5.41 Å². The van der Waals surface area contributed by atoms with E-state index >= 15 is 0 Å². The van der Waals surface area contributed by atoms with Gasteiger partial charge in [0, 0.05) is 11.0 Å². The first-order valence-corrected chi connectivity index (χ1v) is 5.37. The SMILES string of the molecule is C[C@]12COCC1=C1COC(=O)[C@@]1(O)[C@H](O)C2. The van der Waals surface area contributed by atoms with Crippen molar-refractivity contribution in [1.29, 1.82) is 0 Å². The molecule has 2 fully saturated rings. The van der Waals surface area contributed by atoms with Crippen LogP contribution in [0.3, 0.4) is 0 Å². The van der Waals surface area contributed by atoms with E-state index in [0.717, 1.165) is 5.57 Å². The summed E-state index contributed by atoms with van der Waals surface area (Å²) in [7, 11) is 0. The lowest BCUT2D eigenvalue weighted by Gasteiger charge is -2.39. The van der Waals surface area contributed by atoms with E-state index in [0.29, 0.717) is 25.2 Å². The van der Waals surface area contributed by atoms with Gasteiger partial charge in [0.05, 0.1) is 19.3 Å². The molecular formula is C11H14O5. The van der Waals surface area contributed by atoms with Crippen molar-refractivity contribution in [1.82, 2.24) is 0 Å². The minimum absolute atomic E-state index is 0.0701. The Balaban J connectivity index is 2.20. The molecule has 5 nitrogen and oxygen atoms in total. The van der Waals surface area contributed by atoms with Crippen molar-refractivity contribution in [3.8, 4) is 0 Å². The molecule has 3 aliphatic rings. The molecule has 88 valence electrons. The first-order chi connectivity index (χ1) is 7.48. The third kappa shape index (κ3) is 0.984. The Morgan fingerprint density at radius 3 is 2.88 bits per heavy atom. The smallest absolute Gasteiger partial charge is 0.345 e. The molecule has 0 saturated carbocycles. The minimum atomic E-state index is -1.83. The van der Waals surface area contributed by atoms with Crippen molar-refractivity contribution >= 4 is 5.97 Å². The van der Waals surface area contributed by atoms with E-state index in [1.807, 2.05) is 6.92 Å². The summed E-state index contributed by atoms with van der Waals surface area (Å²) in [5, 5.41) is 20.3. The number of carbonyl (C=O) groups excluding carboxylic acids is 1. The predicted octanol–water partition coefficient (Wildman–Crippen LogP) is -0.628. The maximum atomic E-state index is 11.5. The van der Waals surface area contributed by atoms with Gasteiger partial charge in [0.25, 0.3) is 0 Å². The number of ether oxygens (including phenoxy) is 2. The second-order valence-electron chi connectivity index (χ2n) is 5.07. The monoisotopic (exact) mass is 226 g/mol. The average Bonchev–Trinajstić information content (AvgIpc) is 2.71. The molecule has 2 N–H and O–H groups in total. The van der Waals surface area contributed by atoms with Gasteiger partial charge in [0.2, 0.25) is 5.60 Å². The van der Waals surface area contributed by atoms with Crippen LogP contribution in [0, 0.1) is 5.41 Å². The summed E-state index contributed by atoms with van der Waals surface area (Å²) >= 11 is 0. The lowest BCUT2D eigenvalue weighted by molar-refractivity contribution is -0.163. The fraction of sp³-hybridized carbons (Fsp3) is 0.727. The van der Waals surface area contributed by atoms with Gasteiger partial charge in [-0.2, -0.15) is 0 Å². The number of carbonyl (C=O) groups is 1. The molecule has 1 aliphatic carbocycles. The normalized spacial score (nSPS) is 46.7. The highest BCUT2D eigenvalue weighted by atomic mass is 16.6. The summed E-state index contributed by atoms with van der Waals surface area (Å²) < 4.78 is 10.2. The molecule has 3 atom stereocenters. The Hall–Kier alpha value is -0.910. The van der Waals surface area contributed by atoms with E-state index in [1.54, 1.807) is 0 Å². The van der Waals surface area contributed by atoms with Gasteiger partial charge < -0.3 is 19.7 Å². The van der Waals surface area contributed by atoms with Crippen LogP contribution in [-0.4, -0.2) is 47.7 Å². The molecule has 0 aromatic heterocycles. The van der Waals surface area contributed by atoms with Crippen LogP contribution in [0.1, 0.15) is 13.3 Å². The molecule has 0 aromatic rings. The van der Waals surface area contributed by atoms with Gasteiger partial charge in [0.1, 0.15) is 6.61 Å². The number of hydrogen-bond donors (Lipinski definition) is 2. The first-order valence-electron chi connectivity index (χ1n) is 5.37. The maximum absolute atomic E-state index is 11.5. The maximum Gasteiger partial charge on any atom is 0.345 e. The molecular weight excluding hydrogens is 212 g/mol. The Kier molecular flexibility index (Phi) is 1.83. The Morgan fingerprint density at radius 1 is 1.38 bits per heavy atom. The summed E-state index contributed by atoms with van der Waals surface area (Å²) in [6, 6.07) is 0. The molecule has 2 heterocycles. The van der Waals surface area contributed by atoms with E-state index < -0.39 is 17.7 Å². The van der Waals surface area contributed by atoms with Crippen LogP contribution in [0.4, 0.5) is 0 Å². The van der Waals surface area contributed by atoms with Crippen LogP contribution in [0.5, 0.6) is 0 Å². The highest BCUT2D eigenvalue weighted by Gasteiger charge is 2.61. The molecule has 2 aliphatic heterocycles. The first kappa shape index (κ1) is 10.3. The molecule has 0 bridgehead atoms. The molecule has 0 spiro atoms. The second-order valence-corrected chi connectivity index (χ2v) is 5.07. The van der Waals surface area contributed by atoms with Gasteiger partial charge in [-0.15, -0.1) is 0 Å². The quantitative estimate of drug-likeness (QED) is 0.425. The zero-order chi connectivity index (χ0) is 11.6. The number of rotatable bonds is 0. The van der Waals surface area contributed by atoms with E-state index in [-0.39, 0.29) is 12.0 Å². The van der Waals surface area contributed by atoms with Crippen LogP contribution >= 0.6 is 0 Å². The van der Waals surface area contributed by atoms with Crippen molar-refractivity contribution in [2.75, 3.05) is 19.8 Å². The molecule has 0 amide bonds. The zero-order valence-corrected chi connectivity index (χ0v) is 9.02. The van der Waals surface area contributed by atoms with Gasteiger partial charge in [-0.3, -0.25) is 0 Å². The van der Waals surface area contributed by atoms with Crippen molar-refractivity contribution in [2.45, 2.75) is 25.0 Å². The zero-order valence-electron chi connectivity index (χ0n) is 9.02. The van der Waals surface area contributed by atoms with Gasteiger partial charge in [-0.05, 0) is 12.0 Å². The van der Waals surface area contributed by atoms with Crippen LogP contribution in [-0.2, 0) is 14.3 Å². The Labute approximate surface area is 92.7 Å². The average molecular weight is 226 g/mol. The largest absolute Gasteiger partial charge is 0.459 e.